The summed E-state index contributed by atoms with van der Waals surface area (Å²) in [6, 6.07) is 19.5. The Morgan fingerprint density at radius 3 is 2.35 bits per heavy atom. The molecule has 0 fully saturated rings. The van der Waals surface area contributed by atoms with Crippen molar-refractivity contribution in [2.24, 2.45) is 7.05 Å². The molecule has 3 aromatic heterocycles. The van der Waals surface area contributed by atoms with Gasteiger partial charge in [0, 0.05) is 13.6 Å². The summed E-state index contributed by atoms with van der Waals surface area (Å²) in [6.45, 7) is 0.504. The number of aryl methyl sites for hydroxylation is 3. The Morgan fingerprint density at radius 2 is 1.68 bits per heavy atom. The molecule has 0 aliphatic carbocycles. The van der Waals surface area contributed by atoms with E-state index in [1.54, 1.807) is 7.11 Å². The van der Waals surface area contributed by atoms with Crippen molar-refractivity contribution < 1.29 is 4.74 Å². The number of hydrogen-bond donors (Lipinski definition) is 1. The zero-order valence-electron chi connectivity index (χ0n) is 18.6. The van der Waals surface area contributed by atoms with E-state index in [0.717, 1.165) is 22.3 Å². The van der Waals surface area contributed by atoms with Crippen molar-refractivity contribution in [3.63, 3.8) is 0 Å². The van der Waals surface area contributed by atoms with Crippen LogP contribution >= 0.6 is 0 Å². The Balaban J connectivity index is 1.70. The number of aromatic nitrogens is 5. The summed E-state index contributed by atoms with van der Waals surface area (Å²) in [5.41, 5.74) is 10.9. The number of para-hydroxylation sites is 2. The zero-order valence-corrected chi connectivity index (χ0v) is 18.6. The molecule has 0 spiro atoms. The number of rotatable bonds is 5. The van der Waals surface area contributed by atoms with Gasteiger partial charge in [-0.25, -0.2) is 15.0 Å². The van der Waals surface area contributed by atoms with E-state index in [0.29, 0.717) is 41.3 Å². The third kappa shape index (κ3) is 3.28. The molecule has 166 valence electrons. The number of methoxy groups -OCH3 is 1. The number of nitrogen functional groups attached to an aromatic ring is 1. The second-order valence-corrected chi connectivity index (χ2v) is 7.81. The number of hydrogen-bond acceptors (Lipinski definition) is 7. The predicted molar refractivity (Wildman–Crippen MR) is 128 cm³/mol. The molecule has 3 heterocycles. The largest absolute Gasteiger partial charge is 0.497 e. The molecule has 0 atom stereocenters. The summed E-state index contributed by atoms with van der Waals surface area (Å²) >= 11 is 0. The average molecular weight is 448 g/mol. The molecule has 0 aliphatic rings. The van der Waals surface area contributed by atoms with E-state index < -0.39 is 0 Å². The average Bonchev–Trinajstić information content (AvgIpc) is 3.34. The van der Waals surface area contributed by atoms with Crippen LogP contribution in [0.15, 0.2) is 48.5 Å². The van der Waals surface area contributed by atoms with E-state index in [2.05, 4.69) is 9.97 Å². The maximum Gasteiger partial charge on any atom is 0.179 e. The van der Waals surface area contributed by atoms with Gasteiger partial charge in [-0.3, -0.25) is 0 Å². The summed E-state index contributed by atoms with van der Waals surface area (Å²) < 4.78 is 9.02. The number of benzene rings is 2. The molecule has 2 N–H and O–H groups in total. The van der Waals surface area contributed by atoms with E-state index >= 15 is 0 Å². The number of nitrogens with zero attached hydrogens (tertiary/aromatic N) is 7. The van der Waals surface area contributed by atoms with Gasteiger partial charge >= 0.3 is 0 Å². The molecule has 0 unspecified atom stereocenters. The first kappa shape index (κ1) is 21.0. The molecule has 0 saturated heterocycles. The van der Waals surface area contributed by atoms with Crippen molar-refractivity contribution in [1.29, 1.82) is 10.5 Å². The number of ether oxygens (including phenoxy) is 1. The first-order valence-electron chi connectivity index (χ1n) is 10.6. The standard InChI is InChI=1S/C25H20N8O/c1-32-20-6-4-3-5-17(20)30-24(32)21-22-25(31-19(14-27)18(13-26)29-22)33(23(21)28)12-11-15-7-9-16(34-2)10-8-15/h3-10H,11-12,28H2,1-2H3. The van der Waals surface area contributed by atoms with Crippen molar-refractivity contribution >= 4 is 28.0 Å². The molecule has 2 aromatic carbocycles. The Kier molecular flexibility index (Phi) is 5.08. The van der Waals surface area contributed by atoms with Crippen LogP contribution < -0.4 is 10.5 Å². The highest BCUT2D eigenvalue weighted by Gasteiger charge is 2.25. The number of fused-ring (bicyclic) bond motifs is 2. The minimum absolute atomic E-state index is 0.0326. The van der Waals surface area contributed by atoms with Gasteiger partial charge < -0.3 is 19.6 Å². The van der Waals surface area contributed by atoms with Gasteiger partial charge in [-0.1, -0.05) is 24.3 Å². The molecule has 0 aliphatic heterocycles. The van der Waals surface area contributed by atoms with Crippen LogP contribution in [0.1, 0.15) is 17.0 Å². The van der Waals surface area contributed by atoms with Gasteiger partial charge in [0.25, 0.3) is 0 Å². The highest BCUT2D eigenvalue weighted by Crippen LogP contribution is 2.36. The summed E-state index contributed by atoms with van der Waals surface area (Å²) in [7, 11) is 3.54. The van der Waals surface area contributed by atoms with Gasteiger partial charge in [0.1, 0.15) is 35.0 Å². The van der Waals surface area contributed by atoms with E-state index in [9.17, 15) is 10.5 Å². The van der Waals surface area contributed by atoms with Crippen LogP contribution in [0.5, 0.6) is 5.75 Å². The van der Waals surface area contributed by atoms with Gasteiger partial charge in [-0.05, 0) is 36.2 Å². The van der Waals surface area contributed by atoms with Gasteiger partial charge in [-0.2, -0.15) is 10.5 Å². The number of anilines is 1. The lowest BCUT2D eigenvalue weighted by atomic mass is 10.1. The fourth-order valence-electron chi connectivity index (χ4n) is 4.16. The Hall–Kier alpha value is -4.89. The second kappa shape index (κ2) is 8.23. The Morgan fingerprint density at radius 1 is 0.971 bits per heavy atom. The van der Waals surface area contributed by atoms with Crippen LogP contribution in [0.3, 0.4) is 0 Å². The molecule has 5 aromatic rings. The normalized spacial score (nSPS) is 10.9. The summed E-state index contributed by atoms with van der Waals surface area (Å²) in [6.07, 6.45) is 0.670. The Labute approximate surface area is 195 Å². The predicted octanol–water partition coefficient (Wildman–Crippen LogP) is 3.56. The van der Waals surface area contributed by atoms with Gasteiger partial charge in [-0.15, -0.1) is 0 Å². The first-order chi connectivity index (χ1) is 16.5. The van der Waals surface area contributed by atoms with Crippen molar-refractivity contribution in [2.75, 3.05) is 12.8 Å². The van der Waals surface area contributed by atoms with Crippen molar-refractivity contribution in [1.82, 2.24) is 24.1 Å². The lowest BCUT2D eigenvalue weighted by Gasteiger charge is -2.09. The monoisotopic (exact) mass is 448 g/mol. The van der Waals surface area contributed by atoms with Gasteiger partial charge in [0.05, 0.1) is 23.7 Å². The maximum atomic E-state index is 9.54. The van der Waals surface area contributed by atoms with Crippen LogP contribution in [0.2, 0.25) is 0 Å². The molecule has 34 heavy (non-hydrogen) atoms. The van der Waals surface area contributed by atoms with Crippen molar-refractivity contribution in [2.45, 2.75) is 13.0 Å². The molecule has 0 radical (unpaired) electrons. The molecular formula is C25H20N8O. The molecular weight excluding hydrogens is 428 g/mol. The van der Waals surface area contributed by atoms with Gasteiger partial charge in [0.15, 0.2) is 17.0 Å². The fraction of sp³-hybridized carbons (Fsp3) is 0.160. The van der Waals surface area contributed by atoms with Crippen molar-refractivity contribution in [3.05, 3.63) is 65.5 Å². The molecule has 5 rings (SSSR count). The molecule has 9 nitrogen and oxygen atoms in total. The lowest BCUT2D eigenvalue weighted by Crippen LogP contribution is -2.07. The second-order valence-electron chi connectivity index (χ2n) is 7.81. The summed E-state index contributed by atoms with van der Waals surface area (Å²) in [4.78, 5) is 13.8. The van der Waals surface area contributed by atoms with Gasteiger partial charge in [0.2, 0.25) is 0 Å². The third-order valence-corrected chi connectivity index (χ3v) is 5.92. The number of nitrogens with two attached hydrogens (primary N) is 1. The fourth-order valence-corrected chi connectivity index (χ4v) is 4.16. The SMILES string of the molecule is COc1ccc(CCn2c(N)c(-c3nc4ccccc4n3C)c3nc(C#N)c(C#N)nc32)cc1. The smallest absolute Gasteiger partial charge is 0.179 e. The van der Waals surface area contributed by atoms with Crippen LogP contribution in [0.4, 0.5) is 5.82 Å². The highest BCUT2D eigenvalue weighted by atomic mass is 16.5. The first-order valence-corrected chi connectivity index (χ1v) is 10.6. The van der Waals surface area contributed by atoms with E-state index in [4.69, 9.17) is 15.5 Å². The summed E-state index contributed by atoms with van der Waals surface area (Å²) in [5.74, 6) is 1.84. The third-order valence-electron chi connectivity index (χ3n) is 5.92. The van der Waals surface area contributed by atoms with Crippen LogP contribution in [-0.2, 0) is 20.0 Å². The molecule has 0 saturated carbocycles. The molecule has 9 heteroatoms. The zero-order chi connectivity index (χ0) is 23.8. The minimum Gasteiger partial charge on any atom is -0.497 e. The quantitative estimate of drug-likeness (QED) is 0.435. The highest BCUT2D eigenvalue weighted by molar-refractivity contribution is 5.99. The number of nitriles is 2. The topological polar surface area (TPSA) is 131 Å². The Bertz CT molecular complexity index is 1630. The van der Waals surface area contributed by atoms with E-state index in [-0.39, 0.29) is 11.4 Å². The van der Waals surface area contributed by atoms with Crippen LogP contribution in [-0.4, -0.2) is 31.2 Å². The molecule has 0 amide bonds. The van der Waals surface area contributed by atoms with Crippen LogP contribution in [0.25, 0.3) is 33.6 Å². The van der Waals surface area contributed by atoms with E-state index in [1.807, 2.05) is 76.9 Å². The minimum atomic E-state index is -0.0395. The van der Waals surface area contributed by atoms with Crippen molar-refractivity contribution in [3.8, 4) is 29.3 Å². The van der Waals surface area contributed by atoms with Crippen LogP contribution in [0, 0.1) is 22.7 Å². The molecule has 0 bridgehead atoms. The summed E-state index contributed by atoms with van der Waals surface area (Å²) in [5, 5.41) is 19.1. The maximum absolute atomic E-state index is 9.54. The lowest BCUT2D eigenvalue weighted by molar-refractivity contribution is 0.414. The number of imidazole rings is 1. The van der Waals surface area contributed by atoms with E-state index in [1.165, 1.54) is 0 Å².